The van der Waals surface area contributed by atoms with Crippen LogP contribution in [0.5, 0.6) is 0 Å². The lowest BCUT2D eigenvalue weighted by Crippen LogP contribution is -2.62. The van der Waals surface area contributed by atoms with E-state index in [0.717, 1.165) is 18.5 Å². The number of halogens is 5. The van der Waals surface area contributed by atoms with E-state index >= 15 is 0 Å². The molecule has 14 heteroatoms. The maximum atomic E-state index is 14.7. The van der Waals surface area contributed by atoms with E-state index < -0.39 is 35.6 Å². The van der Waals surface area contributed by atoms with Gasteiger partial charge in [-0.05, 0) is 37.5 Å². The van der Waals surface area contributed by atoms with Gasteiger partial charge in [-0.2, -0.15) is 17.6 Å². The van der Waals surface area contributed by atoms with Crippen LogP contribution < -0.4 is 16.0 Å². The normalized spacial score (nSPS) is 22.4. The van der Waals surface area contributed by atoms with Crippen molar-refractivity contribution in [1.29, 1.82) is 0 Å². The number of hydrogen-bond acceptors (Lipinski definition) is 7. The van der Waals surface area contributed by atoms with Crippen molar-refractivity contribution in [2.75, 3.05) is 49.7 Å². The minimum absolute atomic E-state index is 0.0176. The fourth-order valence-electron chi connectivity index (χ4n) is 5.05. The average Bonchev–Trinajstić information content (AvgIpc) is 2.85. The maximum Gasteiger partial charge on any atom is 0.416 e. The van der Waals surface area contributed by atoms with Crippen molar-refractivity contribution < 1.29 is 27.2 Å². The number of carbonyl (C=O) groups is 2. The third kappa shape index (κ3) is 5.71. The van der Waals surface area contributed by atoms with E-state index in [1.807, 2.05) is 0 Å². The van der Waals surface area contributed by atoms with E-state index in [4.69, 9.17) is 17.3 Å². The molecule has 38 heavy (non-hydrogen) atoms. The molecule has 3 heterocycles. The molecule has 4 rings (SSSR count). The first-order valence-corrected chi connectivity index (χ1v) is 12.4. The van der Waals surface area contributed by atoms with Crippen LogP contribution in [0.1, 0.15) is 24.8 Å². The number of alkyl halides is 3. The number of carbonyl (C=O) groups excluding carboxylic acids is 2. The van der Waals surface area contributed by atoms with Gasteiger partial charge in [-0.15, -0.1) is 0 Å². The zero-order valence-corrected chi connectivity index (χ0v) is 21.6. The summed E-state index contributed by atoms with van der Waals surface area (Å²) in [6.07, 6.45) is -2.20. The molecule has 1 aromatic carbocycles. The van der Waals surface area contributed by atoms with Gasteiger partial charge in [-0.3, -0.25) is 9.59 Å². The zero-order valence-electron chi connectivity index (χ0n) is 20.8. The fourth-order valence-corrected chi connectivity index (χ4v) is 5.29. The van der Waals surface area contributed by atoms with Crippen molar-refractivity contribution in [2.45, 2.75) is 37.5 Å². The molecule has 3 N–H and O–H groups in total. The Hall–Kier alpha value is -3.35. The quantitative estimate of drug-likeness (QED) is 0.543. The van der Waals surface area contributed by atoms with Gasteiger partial charge in [0, 0.05) is 44.4 Å². The van der Waals surface area contributed by atoms with Crippen LogP contribution in [-0.2, 0) is 15.8 Å². The summed E-state index contributed by atoms with van der Waals surface area (Å²) < 4.78 is 54.5. The molecule has 0 spiro atoms. The largest absolute Gasteiger partial charge is 0.416 e. The van der Waals surface area contributed by atoms with E-state index in [0.29, 0.717) is 32.4 Å². The van der Waals surface area contributed by atoms with Gasteiger partial charge in [0.1, 0.15) is 12.4 Å². The van der Waals surface area contributed by atoms with Gasteiger partial charge in [0.25, 0.3) is 0 Å². The Kier molecular flexibility index (Phi) is 7.86. The van der Waals surface area contributed by atoms with Gasteiger partial charge in [0.05, 0.1) is 17.5 Å². The van der Waals surface area contributed by atoms with Crippen LogP contribution in [0.15, 0.2) is 24.5 Å². The number of anilines is 3. The lowest BCUT2D eigenvalue weighted by atomic mass is 9.87. The SMILES string of the molecule is CN(C)C(=O)[C@H]1CCN(c2ncnc(N)c2F)C[C@@H]1N1CCCC(Nc2cc(Cl)cc(C(F)(F)F)c2)C1=O. The highest BCUT2D eigenvalue weighted by Gasteiger charge is 2.44. The summed E-state index contributed by atoms with van der Waals surface area (Å²) in [6.45, 7) is 0.760. The first-order chi connectivity index (χ1) is 17.9. The summed E-state index contributed by atoms with van der Waals surface area (Å²) in [7, 11) is 3.24. The van der Waals surface area contributed by atoms with Gasteiger partial charge in [0.15, 0.2) is 11.6 Å². The van der Waals surface area contributed by atoms with Crippen LogP contribution in [0.3, 0.4) is 0 Å². The van der Waals surface area contributed by atoms with Crippen molar-refractivity contribution in [3.05, 3.63) is 40.9 Å². The predicted molar refractivity (Wildman–Crippen MR) is 134 cm³/mol. The Bertz CT molecular complexity index is 1210. The zero-order chi connectivity index (χ0) is 27.8. The van der Waals surface area contributed by atoms with Gasteiger partial charge in [-0.25, -0.2) is 9.97 Å². The van der Waals surface area contributed by atoms with Crippen molar-refractivity contribution in [2.24, 2.45) is 5.92 Å². The van der Waals surface area contributed by atoms with Crippen molar-refractivity contribution in [3.8, 4) is 0 Å². The summed E-state index contributed by atoms with van der Waals surface area (Å²) in [5, 5.41) is 2.78. The fraction of sp³-hybridized carbons (Fsp3) is 0.500. The molecule has 1 unspecified atom stereocenters. The Morgan fingerprint density at radius 3 is 2.61 bits per heavy atom. The van der Waals surface area contributed by atoms with Crippen molar-refractivity contribution in [3.63, 3.8) is 0 Å². The molecule has 0 bridgehead atoms. The molecule has 206 valence electrons. The number of nitrogens with zero attached hydrogens (tertiary/aromatic N) is 5. The highest BCUT2D eigenvalue weighted by Crippen LogP contribution is 2.35. The van der Waals surface area contributed by atoms with E-state index in [9.17, 15) is 27.2 Å². The summed E-state index contributed by atoms with van der Waals surface area (Å²) in [6, 6.07) is 1.58. The maximum absolute atomic E-state index is 14.7. The number of aromatic nitrogens is 2. The molecule has 1 aromatic heterocycles. The van der Waals surface area contributed by atoms with Crippen LogP contribution in [-0.4, -0.2) is 77.4 Å². The Morgan fingerprint density at radius 2 is 1.92 bits per heavy atom. The van der Waals surface area contributed by atoms with Crippen LogP contribution in [0.4, 0.5) is 34.9 Å². The lowest BCUT2D eigenvalue weighted by Gasteiger charge is -2.47. The molecule has 9 nitrogen and oxygen atoms in total. The molecule has 2 saturated heterocycles. The second-order valence-electron chi connectivity index (χ2n) is 9.63. The first-order valence-electron chi connectivity index (χ1n) is 12.0. The van der Waals surface area contributed by atoms with Crippen molar-refractivity contribution >= 4 is 40.7 Å². The highest BCUT2D eigenvalue weighted by atomic mass is 35.5. The summed E-state index contributed by atoms with van der Waals surface area (Å²) in [5.41, 5.74) is 4.75. The summed E-state index contributed by atoms with van der Waals surface area (Å²) >= 11 is 5.91. The Labute approximate surface area is 221 Å². The molecule has 2 aromatic rings. The molecular weight excluding hydrogens is 530 g/mol. The predicted octanol–water partition coefficient (Wildman–Crippen LogP) is 3.26. The molecule has 0 aliphatic carbocycles. The first kappa shape index (κ1) is 27.7. The van der Waals surface area contributed by atoms with Crippen molar-refractivity contribution in [1.82, 2.24) is 19.8 Å². The van der Waals surface area contributed by atoms with E-state index in [1.54, 1.807) is 23.9 Å². The summed E-state index contributed by atoms with van der Waals surface area (Å²) in [5.74, 6) is -2.21. The van der Waals surface area contributed by atoms with Crippen LogP contribution in [0, 0.1) is 11.7 Å². The number of nitrogens with one attached hydrogen (secondary N) is 1. The molecular formula is C24H28ClF4N7O2. The number of hydrogen-bond donors (Lipinski definition) is 2. The minimum Gasteiger partial charge on any atom is -0.381 e. The molecule has 2 amide bonds. The van der Waals surface area contributed by atoms with Gasteiger partial charge in [0.2, 0.25) is 17.6 Å². The molecule has 3 atom stereocenters. The number of nitrogens with two attached hydrogens (primary N) is 1. The topological polar surface area (TPSA) is 108 Å². The monoisotopic (exact) mass is 557 g/mol. The van der Waals surface area contributed by atoms with E-state index in [2.05, 4.69) is 15.3 Å². The second kappa shape index (κ2) is 10.8. The van der Waals surface area contributed by atoms with Gasteiger partial charge in [-0.1, -0.05) is 11.6 Å². The van der Waals surface area contributed by atoms with Crippen LogP contribution in [0.2, 0.25) is 5.02 Å². The number of rotatable bonds is 5. The number of likely N-dealkylation sites (tertiary alicyclic amines) is 1. The Morgan fingerprint density at radius 1 is 1.18 bits per heavy atom. The molecule has 2 aliphatic rings. The number of benzene rings is 1. The molecule has 0 radical (unpaired) electrons. The average molecular weight is 558 g/mol. The van der Waals surface area contributed by atoms with Gasteiger partial charge >= 0.3 is 6.18 Å². The van der Waals surface area contributed by atoms with E-state index in [1.165, 1.54) is 11.0 Å². The molecule has 2 fully saturated rings. The van der Waals surface area contributed by atoms with E-state index in [-0.39, 0.29) is 40.7 Å². The third-order valence-corrected chi connectivity index (χ3v) is 7.10. The minimum atomic E-state index is -4.60. The smallest absolute Gasteiger partial charge is 0.381 e. The standard InChI is InChI=1S/C24H28ClF4N7O2/c1-34(2)22(37)16-5-7-35(21-19(26)20(30)31-12-32-21)11-18(16)36-6-3-4-17(23(36)38)33-15-9-13(24(27,28)29)8-14(25)10-15/h8-10,12,16-18,33H,3-7,11H2,1-2H3,(H2,30,31,32)/t16-,17?,18-/m0/s1. The number of nitrogen functional groups attached to an aromatic ring is 1. The van der Waals surface area contributed by atoms with Crippen LogP contribution >= 0.6 is 11.6 Å². The molecule has 0 saturated carbocycles. The van der Waals surface area contributed by atoms with Crippen LogP contribution in [0.25, 0.3) is 0 Å². The Balaban J connectivity index is 1.61. The second-order valence-corrected chi connectivity index (χ2v) is 10.1. The number of amides is 2. The van der Waals surface area contributed by atoms with Gasteiger partial charge < -0.3 is 25.8 Å². The third-order valence-electron chi connectivity index (χ3n) is 6.88. The summed E-state index contributed by atoms with van der Waals surface area (Å²) in [4.78, 5) is 39.0. The lowest BCUT2D eigenvalue weighted by molar-refractivity contribution is -0.143. The number of piperidine rings is 2. The molecule has 2 aliphatic heterocycles. The highest BCUT2D eigenvalue weighted by molar-refractivity contribution is 6.31.